The first-order valence-corrected chi connectivity index (χ1v) is 5.92. The molecule has 0 aliphatic carbocycles. The second kappa shape index (κ2) is 5.62. The molecule has 2 N–H and O–H groups in total. The van der Waals surface area contributed by atoms with E-state index < -0.39 is 0 Å². The van der Waals surface area contributed by atoms with Crippen molar-refractivity contribution in [3.8, 4) is 11.8 Å². The predicted molar refractivity (Wildman–Crippen MR) is 72.7 cm³/mol. The third-order valence-electron chi connectivity index (χ3n) is 2.64. The standard InChI is InChI=1S/C12H9N9/c13-5-9(12-17-19-20-18-12)6-15-10-1-3-11(4-2-10)21-8-14-7-16-21/h1-4,6-8,15H,(H,17,18,19,20). The summed E-state index contributed by atoms with van der Waals surface area (Å²) in [6, 6.07) is 9.48. The Balaban J connectivity index is 1.75. The lowest BCUT2D eigenvalue weighted by atomic mass is 10.2. The summed E-state index contributed by atoms with van der Waals surface area (Å²) in [6.45, 7) is 0. The molecule has 0 unspecified atom stereocenters. The van der Waals surface area contributed by atoms with Crippen molar-refractivity contribution in [2.24, 2.45) is 0 Å². The smallest absolute Gasteiger partial charge is 0.216 e. The summed E-state index contributed by atoms with van der Waals surface area (Å²) >= 11 is 0. The number of nitrogens with zero attached hydrogens (tertiary/aromatic N) is 7. The van der Waals surface area contributed by atoms with Crippen LogP contribution in [0, 0.1) is 11.3 Å². The first-order valence-electron chi connectivity index (χ1n) is 5.92. The maximum Gasteiger partial charge on any atom is 0.216 e. The van der Waals surface area contributed by atoms with Crippen LogP contribution in [0.1, 0.15) is 5.82 Å². The van der Waals surface area contributed by atoms with Crippen LogP contribution in [0.2, 0.25) is 0 Å². The van der Waals surface area contributed by atoms with Gasteiger partial charge in [-0.3, -0.25) is 0 Å². The lowest BCUT2D eigenvalue weighted by molar-refractivity contribution is 0.879. The van der Waals surface area contributed by atoms with Crippen LogP contribution in [0.4, 0.5) is 5.69 Å². The molecule has 0 aliphatic rings. The lowest BCUT2D eigenvalue weighted by Gasteiger charge is -2.03. The van der Waals surface area contributed by atoms with Gasteiger partial charge in [-0.2, -0.15) is 15.6 Å². The lowest BCUT2D eigenvalue weighted by Crippen LogP contribution is -1.96. The fourth-order valence-corrected chi connectivity index (χ4v) is 1.63. The molecule has 3 aromatic rings. The normalized spacial score (nSPS) is 11.1. The van der Waals surface area contributed by atoms with E-state index in [-0.39, 0.29) is 11.4 Å². The van der Waals surface area contributed by atoms with Crippen LogP contribution in [0.25, 0.3) is 11.3 Å². The topological polar surface area (TPSA) is 121 Å². The Morgan fingerprint density at radius 3 is 2.81 bits per heavy atom. The molecule has 2 heterocycles. The number of benzene rings is 1. The van der Waals surface area contributed by atoms with Gasteiger partial charge >= 0.3 is 0 Å². The van der Waals surface area contributed by atoms with E-state index in [4.69, 9.17) is 5.26 Å². The molecule has 102 valence electrons. The van der Waals surface area contributed by atoms with Gasteiger partial charge in [-0.15, -0.1) is 10.2 Å². The Morgan fingerprint density at radius 2 is 2.19 bits per heavy atom. The van der Waals surface area contributed by atoms with Gasteiger partial charge in [0.25, 0.3) is 0 Å². The maximum absolute atomic E-state index is 9.05. The van der Waals surface area contributed by atoms with Crippen molar-refractivity contribution in [1.82, 2.24) is 35.4 Å². The number of allylic oxidation sites excluding steroid dienone is 1. The molecule has 3 rings (SSSR count). The second-order valence-corrected chi connectivity index (χ2v) is 3.94. The molecule has 0 aliphatic heterocycles. The summed E-state index contributed by atoms with van der Waals surface area (Å²) in [5.41, 5.74) is 1.99. The Kier molecular flexibility index (Phi) is 3.34. The van der Waals surface area contributed by atoms with E-state index in [2.05, 4.69) is 36.0 Å². The Bertz CT molecular complexity index is 763. The van der Waals surface area contributed by atoms with E-state index in [9.17, 15) is 0 Å². The monoisotopic (exact) mass is 279 g/mol. The van der Waals surface area contributed by atoms with Crippen LogP contribution < -0.4 is 5.32 Å². The minimum atomic E-state index is 0.240. The molecule has 0 radical (unpaired) electrons. The third-order valence-corrected chi connectivity index (χ3v) is 2.64. The van der Waals surface area contributed by atoms with E-state index in [0.717, 1.165) is 11.4 Å². The fourth-order valence-electron chi connectivity index (χ4n) is 1.63. The van der Waals surface area contributed by atoms with Gasteiger partial charge in [0.1, 0.15) is 24.3 Å². The highest BCUT2D eigenvalue weighted by Crippen LogP contribution is 2.13. The van der Waals surface area contributed by atoms with Crippen LogP contribution in [0.3, 0.4) is 0 Å². The molecule has 21 heavy (non-hydrogen) atoms. The predicted octanol–water partition coefficient (Wildman–Crippen LogP) is 0.757. The summed E-state index contributed by atoms with van der Waals surface area (Å²) in [7, 11) is 0. The molecule has 0 fully saturated rings. The van der Waals surface area contributed by atoms with Crippen molar-refractivity contribution in [3.05, 3.63) is 48.9 Å². The number of hydrogen-bond acceptors (Lipinski definition) is 7. The van der Waals surface area contributed by atoms with Crippen molar-refractivity contribution >= 4 is 11.3 Å². The Hall–Kier alpha value is -3.54. The number of rotatable bonds is 4. The number of anilines is 1. The Labute approximate surface area is 118 Å². The van der Waals surface area contributed by atoms with Crippen molar-refractivity contribution in [1.29, 1.82) is 5.26 Å². The van der Waals surface area contributed by atoms with E-state index in [0.29, 0.717) is 0 Å². The Morgan fingerprint density at radius 1 is 1.33 bits per heavy atom. The highest BCUT2D eigenvalue weighted by atomic mass is 15.5. The van der Waals surface area contributed by atoms with Crippen LogP contribution in [0.15, 0.2) is 43.1 Å². The van der Waals surface area contributed by atoms with Gasteiger partial charge in [0.2, 0.25) is 5.82 Å². The molecule has 9 nitrogen and oxygen atoms in total. The molecule has 0 saturated carbocycles. The molecule has 9 heteroatoms. The van der Waals surface area contributed by atoms with Gasteiger partial charge in [0.05, 0.1) is 5.69 Å². The zero-order valence-electron chi connectivity index (χ0n) is 10.7. The molecule has 0 atom stereocenters. The third kappa shape index (κ3) is 2.74. The number of H-pyrrole nitrogens is 1. The average molecular weight is 279 g/mol. The van der Waals surface area contributed by atoms with Crippen LogP contribution in [-0.4, -0.2) is 35.4 Å². The average Bonchev–Trinajstić information content (AvgIpc) is 3.22. The van der Waals surface area contributed by atoms with Gasteiger partial charge in [-0.05, 0) is 29.5 Å². The zero-order chi connectivity index (χ0) is 14.5. The van der Waals surface area contributed by atoms with Gasteiger partial charge in [0.15, 0.2) is 0 Å². The number of hydrogen-bond donors (Lipinski definition) is 2. The number of aromatic amines is 1. The summed E-state index contributed by atoms with van der Waals surface area (Å²) in [6.07, 6.45) is 4.61. The minimum absolute atomic E-state index is 0.240. The van der Waals surface area contributed by atoms with Crippen LogP contribution in [-0.2, 0) is 0 Å². The number of nitriles is 1. The van der Waals surface area contributed by atoms with E-state index in [1.54, 1.807) is 11.0 Å². The van der Waals surface area contributed by atoms with Gasteiger partial charge in [-0.1, -0.05) is 0 Å². The molecule has 0 saturated heterocycles. The number of aromatic nitrogens is 7. The van der Waals surface area contributed by atoms with Crippen LogP contribution >= 0.6 is 0 Å². The van der Waals surface area contributed by atoms with Gasteiger partial charge < -0.3 is 5.32 Å². The highest BCUT2D eigenvalue weighted by molar-refractivity contribution is 5.74. The quantitative estimate of drug-likeness (QED) is 0.676. The molecule has 0 bridgehead atoms. The molecular weight excluding hydrogens is 270 g/mol. The van der Waals surface area contributed by atoms with Crippen molar-refractivity contribution in [2.75, 3.05) is 5.32 Å². The van der Waals surface area contributed by atoms with Crippen LogP contribution in [0.5, 0.6) is 0 Å². The zero-order valence-corrected chi connectivity index (χ0v) is 10.7. The molecular formula is C12H9N9. The largest absolute Gasteiger partial charge is 0.360 e. The fraction of sp³-hybridized carbons (Fsp3) is 0. The summed E-state index contributed by atoms with van der Waals surface area (Å²) in [5, 5.41) is 29.3. The second-order valence-electron chi connectivity index (χ2n) is 3.94. The summed E-state index contributed by atoms with van der Waals surface area (Å²) in [4.78, 5) is 3.89. The van der Waals surface area contributed by atoms with E-state index in [1.807, 2.05) is 30.3 Å². The van der Waals surface area contributed by atoms with Crippen molar-refractivity contribution in [2.45, 2.75) is 0 Å². The molecule has 1 aromatic carbocycles. The summed E-state index contributed by atoms with van der Waals surface area (Å²) < 4.78 is 1.65. The molecule has 0 spiro atoms. The van der Waals surface area contributed by atoms with E-state index >= 15 is 0 Å². The number of nitrogens with one attached hydrogen (secondary N) is 2. The van der Waals surface area contributed by atoms with Crippen molar-refractivity contribution < 1.29 is 0 Å². The molecule has 0 amide bonds. The molecule has 2 aromatic heterocycles. The minimum Gasteiger partial charge on any atom is -0.360 e. The van der Waals surface area contributed by atoms with Gasteiger partial charge in [-0.25, -0.2) is 9.67 Å². The first kappa shape index (κ1) is 12.5. The maximum atomic E-state index is 9.05. The summed E-state index contributed by atoms with van der Waals surface area (Å²) in [5.74, 6) is 0.240. The number of tetrazole rings is 1. The highest BCUT2D eigenvalue weighted by Gasteiger charge is 2.05. The van der Waals surface area contributed by atoms with Crippen molar-refractivity contribution in [3.63, 3.8) is 0 Å². The SMILES string of the molecule is N#CC(=CNc1ccc(-n2cncn2)cc1)c1nn[nH]n1. The van der Waals surface area contributed by atoms with Gasteiger partial charge in [0, 0.05) is 11.9 Å². The van der Waals surface area contributed by atoms with E-state index in [1.165, 1.54) is 12.5 Å². The first-order chi connectivity index (χ1) is 10.4.